The van der Waals surface area contributed by atoms with Crippen LogP contribution in [0.2, 0.25) is 0 Å². The SMILES string of the molecule is COCCC(C)NCC(=O)Nc1cccc(OC)c1. The number of methoxy groups -OCH3 is 2. The zero-order chi connectivity index (χ0) is 14.1. The topological polar surface area (TPSA) is 59.6 Å². The zero-order valence-corrected chi connectivity index (χ0v) is 11.7. The second-order valence-corrected chi connectivity index (χ2v) is 4.34. The summed E-state index contributed by atoms with van der Waals surface area (Å²) < 4.78 is 10.1. The maximum absolute atomic E-state index is 11.7. The molecule has 0 radical (unpaired) electrons. The van der Waals surface area contributed by atoms with Crippen molar-refractivity contribution < 1.29 is 14.3 Å². The average Bonchev–Trinajstić information content (AvgIpc) is 2.43. The van der Waals surface area contributed by atoms with E-state index in [0.717, 1.165) is 17.9 Å². The van der Waals surface area contributed by atoms with Crippen LogP contribution in [0.4, 0.5) is 5.69 Å². The molecule has 0 heterocycles. The molecule has 1 aromatic rings. The van der Waals surface area contributed by atoms with Crippen LogP contribution in [0.15, 0.2) is 24.3 Å². The van der Waals surface area contributed by atoms with Gasteiger partial charge in [0.15, 0.2) is 0 Å². The number of carbonyl (C=O) groups is 1. The third-order valence-electron chi connectivity index (χ3n) is 2.72. The Morgan fingerprint density at radius 3 is 2.84 bits per heavy atom. The van der Waals surface area contributed by atoms with E-state index in [1.807, 2.05) is 25.1 Å². The summed E-state index contributed by atoms with van der Waals surface area (Å²) in [5, 5.41) is 5.96. The highest BCUT2D eigenvalue weighted by Gasteiger charge is 2.06. The summed E-state index contributed by atoms with van der Waals surface area (Å²) in [4.78, 5) is 11.7. The highest BCUT2D eigenvalue weighted by Crippen LogP contribution is 2.16. The maximum atomic E-state index is 11.7. The monoisotopic (exact) mass is 266 g/mol. The van der Waals surface area contributed by atoms with Crippen LogP contribution in [0.1, 0.15) is 13.3 Å². The van der Waals surface area contributed by atoms with E-state index in [1.165, 1.54) is 0 Å². The predicted molar refractivity (Wildman–Crippen MR) is 75.6 cm³/mol. The number of nitrogens with one attached hydrogen (secondary N) is 2. The van der Waals surface area contributed by atoms with Gasteiger partial charge in [0, 0.05) is 31.5 Å². The highest BCUT2D eigenvalue weighted by atomic mass is 16.5. The van der Waals surface area contributed by atoms with Crippen LogP contribution in [0.25, 0.3) is 0 Å². The molecule has 1 aromatic carbocycles. The lowest BCUT2D eigenvalue weighted by molar-refractivity contribution is -0.115. The van der Waals surface area contributed by atoms with Crippen molar-refractivity contribution >= 4 is 11.6 Å². The molecule has 106 valence electrons. The lowest BCUT2D eigenvalue weighted by Crippen LogP contribution is -2.35. The average molecular weight is 266 g/mol. The Labute approximate surface area is 114 Å². The minimum absolute atomic E-state index is 0.0717. The zero-order valence-electron chi connectivity index (χ0n) is 11.7. The van der Waals surface area contributed by atoms with E-state index >= 15 is 0 Å². The first-order valence-corrected chi connectivity index (χ1v) is 6.32. The van der Waals surface area contributed by atoms with Gasteiger partial charge in [-0.1, -0.05) is 6.07 Å². The van der Waals surface area contributed by atoms with Gasteiger partial charge in [-0.2, -0.15) is 0 Å². The van der Waals surface area contributed by atoms with Gasteiger partial charge < -0.3 is 20.1 Å². The van der Waals surface area contributed by atoms with Crippen molar-refractivity contribution in [2.45, 2.75) is 19.4 Å². The molecule has 0 aliphatic rings. The van der Waals surface area contributed by atoms with Crippen LogP contribution in [-0.2, 0) is 9.53 Å². The molecule has 1 unspecified atom stereocenters. The Morgan fingerprint density at radius 1 is 1.37 bits per heavy atom. The smallest absolute Gasteiger partial charge is 0.238 e. The van der Waals surface area contributed by atoms with Crippen LogP contribution in [-0.4, -0.2) is 39.3 Å². The van der Waals surface area contributed by atoms with Crippen LogP contribution in [0, 0.1) is 0 Å². The van der Waals surface area contributed by atoms with Gasteiger partial charge >= 0.3 is 0 Å². The van der Waals surface area contributed by atoms with E-state index in [0.29, 0.717) is 6.61 Å². The predicted octanol–water partition coefficient (Wildman–Crippen LogP) is 1.65. The summed E-state index contributed by atoms with van der Waals surface area (Å²) in [7, 11) is 3.27. The molecule has 2 N–H and O–H groups in total. The number of ether oxygens (including phenoxy) is 2. The standard InChI is InChI=1S/C14H22N2O3/c1-11(7-8-18-2)15-10-14(17)16-12-5-4-6-13(9-12)19-3/h4-6,9,11,15H,7-8,10H2,1-3H3,(H,16,17). The molecule has 0 spiro atoms. The van der Waals surface area contributed by atoms with Crippen LogP contribution in [0.5, 0.6) is 5.75 Å². The van der Waals surface area contributed by atoms with Crippen molar-refractivity contribution in [3.05, 3.63) is 24.3 Å². The normalized spacial score (nSPS) is 11.9. The van der Waals surface area contributed by atoms with Gasteiger partial charge in [0.25, 0.3) is 0 Å². The number of carbonyl (C=O) groups excluding carboxylic acids is 1. The molecular formula is C14H22N2O3. The molecule has 0 fully saturated rings. The fourth-order valence-corrected chi connectivity index (χ4v) is 1.57. The molecule has 0 aromatic heterocycles. The van der Waals surface area contributed by atoms with E-state index in [-0.39, 0.29) is 18.5 Å². The second kappa shape index (κ2) is 8.50. The van der Waals surface area contributed by atoms with E-state index < -0.39 is 0 Å². The van der Waals surface area contributed by atoms with Crippen LogP contribution in [0.3, 0.4) is 0 Å². The molecule has 0 aliphatic carbocycles. The summed E-state index contributed by atoms with van der Waals surface area (Å²) in [6.45, 7) is 2.99. The Bertz CT molecular complexity index is 396. The van der Waals surface area contributed by atoms with Gasteiger partial charge in [-0.3, -0.25) is 4.79 Å². The fraction of sp³-hybridized carbons (Fsp3) is 0.500. The third kappa shape index (κ3) is 6.22. The molecule has 5 heteroatoms. The van der Waals surface area contributed by atoms with Crippen LogP contribution < -0.4 is 15.4 Å². The van der Waals surface area contributed by atoms with Crippen molar-refractivity contribution in [3.63, 3.8) is 0 Å². The van der Waals surface area contributed by atoms with Gasteiger partial charge in [0.1, 0.15) is 5.75 Å². The Hall–Kier alpha value is -1.59. The molecule has 19 heavy (non-hydrogen) atoms. The molecule has 5 nitrogen and oxygen atoms in total. The summed E-state index contributed by atoms with van der Waals surface area (Å²) >= 11 is 0. The number of benzene rings is 1. The molecule has 0 saturated heterocycles. The number of hydrogen-bond donors (Lipinski definition) is 2. The third-order valence-corrected chi connectivity index (χ3v) is 2.72. The van der Waals surface area contributed by atoms with Gasteiger partial charge in [-0.25, -0.2) is 0 Å². The maximum Gasteiger partial charge on any atom is 0.238 e. The number of hydrogen-bond acceptors (Lipinski definition) is 4. The minimum Gasteiger partial charge on any atom is -0.497 e. The van der Waals surface area contributed by atoms with E-state index in [2.05, 4.69) is 10.6 Å². The first-order valence-electron chi connectivity index (χ1n) is 6.32. The summed E-state index contributed by atoms with van der Waals surface area (Å²) in [6, 6.07) is 7.53. The first-order chi connectivity index (χ1) is 9.15. The van der Waals surface area contributed by atoms with Crippen molar-refractivity contribution in [3.8, 4) is 5.75 Å². The molecule has 0 bridgehead atoms. The lowest BCUT2D eigenvalue weighted by Gasteiger charge is -2.13. The lowest BCUT2D eigenvalue weighted by atomic mass is 10.2. The summed E-state index contributed by atoms with van der Waals surface area (Å²) in [6.07, 6.45) is 0.878. The minimum atomic E-state index is -0.0717. The van der Waals surface area contributed by atoms with Gasteiger partial charge in [0.2, 0.25) is 5.91 Å². The number of rotatable bonds is 8. The molecule has 1 amide bonds. The van der Waals surface area contributed by atoms with E-state index in [9.17, 15) is 4.79 Å². The van der Waals surface area contributed by atoms with E-state index in [1.54, 1.807) is 20.3 Å². The van der Waals surface area contributed by atoms with E-state index in [4.69, 9.17) is 9.47 Å². The van der Waals surface area contributed by atoms with Crippen LogP contribution >= 0.6 is 0 Å². The molecule has 0 aliphatic heterocycles. The fourth-order valence-electron chi connectivity index (χ4n) is 1.57. The Morgan fingerprint density at radius 2 is 2.16 bits per heavy atom. The Kier molecular flexibility index (Phi) is 6.92. The van der Waals surface area contributed by atoms with Crippen molar-refractivity contribution in [2.75, 3.05) is 32.7 Å². The van der Waals surface area contributed by atoms with Gasteiger partial charge in [-0.15, -0.1) is 0 Å². The summed E-state index contributed by atoms with van der Waals surface area (Å²) in [5.41, 5.74) is 0.732. The molecule has 0 saturated carbocycles. The van der Waals surface area contributed by atoms with Crippen molar-refractivity contribution in [1.29, 1.82) is 0 Å². The number of amides is 1. The molecular weight excluding hydrogens is 244 g/mol. The highest BCUT2D eigenvalue weighted by molar-refractivity contribution is 5.92. The molecule has 1 rings (SSSR count). The number of anilines is 1. The van der Waals surface area contributed by atoms with Gasteiger partial charge in [0.05, 0.1) is 13.7 Å². The largest absolute Gasteiger partial charge is 0.497 e. The first kappa shape index (κ1) is 15.5. The second-order valence-electron chi connectivity index (χ2n) is 4.34. The quantitative estimate of drug-likeness (QED) is 0.751. The molecule has 1 atom stereocenters. The van der Waals surface area contributed by atoms with Gasteiger partial charge in [-0.05, 0) is 25.5 Å². The summed E-state index contributed by atoms with van der Waals surface area (Å²) in [5.74, 6) is 0.650. The Balaban J connectivity index is 2.34. The van der Waals surface area contributed by atoms with Crippen molar-refractivity contribution in [2.24, 2.45) is 0 Å². The van der Waals surface area contributed by atoms with Crippen molar-refractivity contribution in [1.82, 2.24) is 5.32 Å².